The Morgan fingerprint density at radius 3 is 2.50 bits per heavy atom. The van der Waals surface area contributed by atoms with Crippen molar-refractivity contribution >= 4 is 12.0 Å². The highest BCUT2D eigenvalue weighted by Gasteiger charge is 2.41. The Hall–Kier alpha value is -2.20. The molecule has 2 heterocycles. The first-order chi connectivity index (χ1) is 17.7. The number of benzene rings is 1. The number of fused-ring (bicyclic) bond motifs is 1. The van der Waals surface area contributed by atoms with Gasteiger partial charge in [-0.15, -0.1) is 0 Å². The van der Waals surface area contributed by atoms with Gasteiger partial charge in [-0.25, -0.2) is 4.79 Å². The molecule has 1 aliphatic carbocycles. The number of carbonyl (C=O) groups is 2. The fourth-order valence-electron chi connectivity index (χ4n) is 6.09. The average molecular weight is 534 g/mol. The normalized spacial score (nSPS) is 27.4. The molecule has 38 heavy (non-hydrogen) atoms. The topological polar surface area (TPSA) is 132 Å². The minimum atomic E-state index is -0.863. The van der Waals surface area contributed by atoms with Gasteiger partial charge in [-0.2, -0.15) is 0 Å². The van der Waals surface area contributed by atoms with Gasteiger partial charge in [0.1, 0.15) is 6.10 Å². The highest BCUT2D eigenvalue weighted by atomic mass is 16.6. The summed E-state index contributed by atoms with van der Waals surface area (Å²) in [4.78, 5) is 28.3. The molecule has 3 aliphatic rings. The number of piperidine rings is 1. The SMILES string of the molecule is CC(C)(C)NC(=O)[C@@H]1C[C@@H]2CCCC[C@@H]2CN1C[C@@H](O)[C@H](Cc1ccccc1)NC(=O)O[C@H]1CCOC1.O. The number of nitrogens with one attached hydrogen (secondary N) is 2. The van der Waals surface area contributed by atoms with E-state index in [1.165, 1.54) is 25.7 Å². The van der Waals surface area contributed by atoms with E-state index >= 15 is 0 Å². The van der Waals surface area contributed by atoms with E-state index in [1.54, 1.807) is 0 Å². The fourth-order valence-corrected chi connectivity index (χ4v) is 6.09. The molecule has 2 aliphatic heterocycles. The Kier molecular flexibility index (Phi) is 11.0. The summed E-state index contributed by atoms with van der Waals surface area (Å²) in [5, 5.41) is 17.6. The zero-order valence-electron chi connectivity index (χ0n) is 23.2. The second-order valence-electron chi connectivity index (χ2n) is 12.1. The molecule has 1 aromatic rings. The molecule has 214 valence electrons. The Labute approximate surface area is 226 Å². The molecule has 5 N–H and O–H groups in total. The van der Waals surface area contributed by atoms with Crippen molar-refractivity contribution in [2.45, 2.75) is 95.5 Å². The van der Waals surface area contributed by atoms with Crippen molar-refractivity contribution < 1.29 is 29.6 Å². The third-order valence-electron chi connectivity index (χ3n) is 7.95. The number of aliphatic hydroxyl groups is 1. The highest BCUT2D eigenvalue weighted by Crippen LogP contribution is 2.39. The number of β-amino-alcohol motifs (C(OH)–C–C–N with tert-alkyl or cyclic N) is 1. The first-order valence-corrected chi connectivity index (χ1v) is 14.0. The molecule has 4 rings (SSSR count). The second-order valence-corrected chi connectivity index (χ2v) is 12.1. The molecular formula is C29H47N3O6. The third-order valence-corrected chi connectivity index (χ3v) is 7.95. The second kappa shape index (κ2) is 13.7. The predicted molar refractivity (Wildman–Crippen MR) is 146 cm³/mol. The van der Waals surface area contributed by atoms with Crippen LogP contribution in [0.1, 0.15) is 64.9 Å². The van der Waals surface area contributed by atoms with E-state index < -0.39 is 18.2 Å². The van der Waals surface area contributed by atoms with Crippen LogP contribution in [-0.2, 0) is 20.7 Å². The van der Waals surface area contributed by atoms with Crippen LogP contribution in [0.2, 0.25) is 0 Å². The van der Waals surface area contributed by atoms with Crippen LogP contribution >= 0.6 is 0 Å². The van der Waals surface area contributed by atoms with E-state index in [0.717, 1.165) is 18.5 Å². The lowest BCUT2D eigenvalue weighted by Crippen LogP contribution is -2.60. The number of nitrogens with zero attached hydrogens (tertiary/aromatic N) is 1. The number of rotatable bonds is 8. The van der Waals surface area contributed by atoms with Gasteiger partial charge in [-0.05, 0) is 57.4 Å². The first-order valence-electron chi connectivity index (χ1n) is 14.0. The quantitative estimate of drug-likeness (QED) is 0.470. The van der Waals surface area contributed by atoms with Crippen LogP contribution in [0.3, 0.4) is 0 Å². The maximum atomic E-state index is 13.4. The maximum absolute atomic E-state index is 13.4. The summed E-state index contributed by atoms with van der Waals surface area (Å²) in [5.41, 5.74) is 0.694. The number of aliphatic hydroxyl groups excluding tert-OH is 1. The summed E-state index contributed by atoms with van der Waals surface area (Å²) in [6, 6.07) is 9.00. The van der Waals surface area contributed by atoms with Crippen LogP contribution in [0.25, 0.3) is 0 Å². The minimum Gasteiger partial charge on any atom is -0.444 e. The van der Waals surface area contributed by atoms with Gasteiger partial charge in [0.05, 0.1) is 31.4 Å². The van der Waals surface area contributed by atoms with E-state index in [2.05, 4.69) is 15.5 Å². The van der Waals surface area contributed by atoms with E-state index in [9.17, 15) is 14.7 Å². The van der Waals surface area contributed by atoms with Gasteiger partial charge in [0, 0.05) is 25.0 Å². The Bertz CT molecular complexity index is 886. The molecule has 1 saturated carbocycles. The number of hydrogen-bond donors (Lipinski definition) is 3. The molecule has 0 spiro atoms. The van der Waals surface area contributed by atoms with Gasteiger partial charge >= 0.3 is 6.09 Å². The van der Waals surface area contributed by atoms with Gasteiger partial charge in [0.2, 0.25) is 5.91 Å². The van der Waals surface area contributed by atoms with E-state index in [1.807, 2.05) is 51.1 Å². The highest BCUT2D eigenvalue weighted by molar-refractivity contribution is 5.82. The molecule has 9 nitrogen and oxygen atoms in total. The number of carbonyl (C=O) groups excluding carboxylic acids is 2. The van der Waals surface area contributed by atoms with Crippen molar-refractivity contribution in [3.63, 3.8) is 0 Å². The standard InChI is InChI=1S/C29H45N3O5.H2O/c1-29(2,3)31-27(34)25-16-21-11-7-8-12-22(21)17-32(25)18-26(33)24(15-20-9-5-4-6-10-20)30-28(35)37-23-13-14-36-19-23;/h4-6,9-10,21-26,33H,7-8,11-19H2,1-3H3,(H,30,35)(H,31,34);1H2/t21-,22+,23-,24-,25-,26+;/m0./s1. The van der Waals surface area contributed by atoms with Gasteiger partial charge in [0.25, 0.3) is 0 Å². The monoisotopic (exact) mass is 533 g/mol. The van der Waals surface area contributed by atoms with Gasteiger partial charge in [0.15, 0.2) is 0 Å². The van der Waals surface area contributed by atoms with Crippen molar-refractivity contribution in [1.29, 1.82) is 0 Å². The summed E-state index contributed by atoms with van der Waals surface area (Å²) in [7, 11) is 0. The molecule has 6 atom stereocenters. The summed E-state index contributed by atoms with van der Waals surface area (Å²) >= 11 is 0. The number of likely N-dealkylation sites (tertiary alicyclic amines) is 1. The van der Waals surface area contributed by atoms with Crippen molar-refractivity contribution in [2.75, 3.05) is 26.3 Å². The largest absolute Gasteiger partial charge is 0.444 e. The van der Waals surface area contributed by atoms with Crippen LogP contribution in [0.5, 0.6) is 0 Å². The third kappa shape index (κ3) is 8.66. The number of amides is 2. The van der Waals surface area contributed by atoms with Gasteiger partial charge < -0.3 is 30.7 Å². The fraction of sp³-hybridized carbons (Fsp3) is 0.724. The summed E-state index contributed by atoms with van der Waals surface area (Å²) in [6.45, 7) is 8.09. The molecule has 9 heteroatoms. The Morgan fingerprint density at radius 1 is 1.13 bits per heavy atom. The zero-order valence-corrected chi connectivity index (χ0v) is 23.2. The first kappa shape index (κ1) is 30.3. The molecule has 0 radical (unpaired) electrons. The van der Waals surface area contributed by atoms with Crippen molar-refractivity contribution in [1.82, 2.24) is 15.5 Å². The number of alkyl carbamates (subject to hydrolysis) is 1. The zero-order chi connectivity index (χ0) is 26.4. The molecule has 0 unspecified atom stereocenters. The van der Waals surface area contributed by atoms with Crippen LogP contribution in [0.15, 0.2) is 30.3 Å². The van der Waals surface area contributed by atoms with Crippen LogP contribution in [0.4, 0.5) is 4.79 Å². The molecule has 0 aromatic heterocycles. The lowest BCUT2D eigenvalue weighted by molar-refractivity contribution is -0.132. The van der Waals surface area contributed by atoms with Crippen molar-refractivity contribution in [2.24, 2.45) is 11.8 Å². The molecule has 2 amide bonds. The molecule has 2 saturated heterocycles. The lowest BCUT2D eigenvalue weighted by atomic mass is 9.72. The van der Waals surface area contributed by atoms with E-state index in [4.69, 9.17) is 9.47 Å². The van der Waals surface area contributed by atoms with Crippen LogP contribution in [-0.4, -0.2) is 83.6 Å². The van der Waals surface area contributed by atoms with Crippen LogP contribution < -0.4 is 10.6 Å². The summed E-state index contributed by atoms with van der Waals surface area (Å²) in [6.07, 6.45) is 5.12. The molecule has 3 fully saturated rings. The van der Waals surface area contributed by atoms with Crippen molar-refractivity contribution in [3.8, 4) is 0 Å². The minimum absolute atomic E-state index is 0. The summed E-state index contributed by atoms with van der Waals surface area (Å²) < 4.78 is 10.9. The van der Waals surface area contributed by atoms with E-state index in [-0.39, 0.29) is 29.1 Å². The van der Waals surface area contributed by atoms with Gasteiger partial charge in [-0.1, -0.05) is 49.6 Å². The maximum Gasteiger partial charge on any atom is 0.407 e. The predicted octanol–water partition coefficient (Wildman–Crippen LogP) is 2.44. The van der Waals surface area contributed by atoms with Crippen LogP contribution in [0, 0.1) is 11.8 Å². The molecule has 1 aromatic carbocycles. The van der Waals surface area contributed by atoms with Crippen molar-refractivity contribution in [3.05, 3.63) is 35.9 Å². The average Bonchev–Trinajstić information content (AvgIpc) is 3.35. The molecular weight excluding hydrogens is 486 g/mol. The van der Waals surface area contributed by atoms with E-state index in [0.29, 0.717) is 44.4 Å². The lowest BCUT2D eigenvalue weighted by Gasteiger charge is -2.47. The Balaban J connectivity index is 0.00000400. The summed E-state index contributed by atoms with van der Waals surface area (Å²) in [5.74, 6) is 1.13. The number of hydrogen-bond acceptors (Lipinski definition) is 6. The Morgan fingerprint density at radius 2 is 1.84 bits per heavy atom. The smallest absolute Gasteiger partial charge is 0.407 e. The van der Waals surface area contributed by atoms with Gasteiger partial charge in [-0.3, -0.25) is 9.69 Å². The number of ether oxygens (including phenoxy) is 2. The molecule has 0 bridgehead atoms.